The van der Waals surface area contributed by atoms with Gasteiger partial charge in [0.25, 0.3) is 0 Å². The Balaban J connectivity index is 2.83. The number of carbonyl (C=O) groups is 2. The highest BCUT2D eigenvalue weighted by molar-refractivity contribution is 6.05. The van der Waals surface area contributed by atoms with Gasteiger partial charge in [0.1, 0.15) is 12.2 Å². The Labute approximate surface area is 73.8 Å². The zero-order valence-corrected chi connectivity index (χ0v) is 6.66. The Morgan fingerprint density at radius 1 is 1.38 bits per heavy atom. The van der Waals surface area contributed by atoms with E-state index in [1.165, 1.54) is 18.2 Å². The summed E-state index contributed by atoms with van der Waals surface area (Å²) < 4.78 is 12.6. The van der Waals surface area contributed by atoms with Crippen LogP contribution in [-0.4, -0.2) is 16.9 Å². The number of aliphatic carboxylic acids is 1. The first kappa shape index (κ1) is 9.38. The third-order valence-corrected chi connectivity index (χ3v) is 1.46. The van der Waals surface area contributed by atoms with Crippen molar-refractivity contribution in [3.05, 3.63) is 35.6 Å². The minimum atomic E-state index is -1.21. The van der Waals surface area contributed by atoms with E-state index in [1.807, 2.05) is 0 Å². The van der Waals surface area contributed by atoms with Crippen LogP contribution in [0.1, 0.15) is 16.8 Å². The fraction of sp³-hybridized carbons (Fsp3) is 0.111. The van der Waals surface area contributed by atoms with Gasteiger partial charge in [-0.05, 0) is 12.1 Å². The molecule has 0 fully saturated rings. The number of carboxylic acids is 1. The highest BCUT2D eigenvalue weighted by Crippen LogP contribution is 2.06. The largest absolute Gasteiger partial charge is 0.481 e. The summed E-state index contributed by atoms with van der Waals surface area (Å²) in [5, 5.41) is 8.30. The smallest absolute Gasteiger partial charge is 0.311 e. The molecule has 0 aromatic heterocycles. The van der Waals surface area contributed by atoms with Gasteiger partial charge in [-0.3, -0.25) is 9.59 Å². The van der Waals surface area contributed by atoms with Crippen molar-refractivity contribution < 1.29 is 19.1 Å². The molecule has 0 saturated carbocycles. The Morgan fingerprint density at radius 2 is 2.08 bits per heavy atom. The third kappa shape index (κ3) is 2.66. The van der Waals surface area contributed by atoms with Gasteiger partial charge in [0.2, 0.25) is 0 Å². The molecule has 0 heterocycles. The van der Waals surface area contributed by atoms with Gasteiger partial charge in [-0.1, -0.05) is 12.1 Å². The molecule has 1 aromatic rings. The van der Waals surface area contributed by atoms with Crippen molar-refractivity contribution in [2.24, 2.45) is 0 Å². The summed E-state index contributed by atoms with van der Waals surface area (Å²) in [6.45, 7) is 0. The lowest BCUT2D eigenvalue weighted by molar-refractivity contribution is -0.135. The van der Waals surface area contributed by atoms with Crippen LogP contribution >= 0.6 is 0 Å². The normalized spacial score (nSPS) is 9.62. The van der Waals surface area contributed by atoms with E-state index in [2.05, 4.69) is 0 Å². The highest BCUT2D eigenvalue weighted by Gasteiger charge is 2.10. The molecular formula is C9H7FO3. The maximum Gasteiger partial charge on any atom is 0.311 e. The molecule has 0 aliphatic heterocycles. The van der Waals surface area contributed by atoms with E-state index < -0.39 is 24.0 Å². The number of hydrogen-bond donors (Lipinski definition) is 1. The molecule has 0 bridgehead atoms. The van der Waals surface area contributed by atoms with Crippen molar-refractivity contribution in [3.63, 3.8) is 0 Å². The second kappa shape index (κ2) is 3.80. The quantitative estimate of drug-likeness (QED) is 0.569. The first-order valence-corrected chi connectivity index (χ1v) is 3.60. The molecular weight excluding hydrogens is 175 g/mol. The molecule has 1 aromatic carbocycles. The maximum absolute atomic E-state index is 12.6. The van der Waals surface area contributed by atoms with Gasteiger partial charge in [0.05, 0.1) is 0 Å². The molecule has 0 saturated heterocycles. The molecule has 0 amide bonds. The van der Waals surface area contributed by atoms with Crippen molar-refractivity contribution in [1.82, 2.24) is 0 Å². The van der Waals surface area contributed by atoms with Gasteiger partial charge in [-0.25, -0.2) is 4.39 Å². The van der Waals surface area contributed by atoms with E-state index in [4.69, 9.17) is 5.11 Å². The predicted molar refractivity (Wildman–Crippen MR) is 43.0 cm³/mol. The Kier molecular flexibility index (Phi) is 2.74. The summed E-state index contributed by atoms with van der Waals surface area (Å²) in [5.41, 5.74) is 0.0856. The summed E-state index contributed by atoms with van der Waals surface area (Å²) in [6, 6.07) is 4.96. The number of benzene rings is 1. The third-order valence-electron chi connectivity index (χ3n) is 1.46. The highest BCUT2D eigenvalue weighted by atomic mass is 19.1. The molecule has 0 aliphatic rings. The molecule has 4 heteroatoms. The van der Waals surface area contributed by atoms with Crippen LogP contribution in [0.4, 0.5) is 4.39 Å². The van der Waals surface area contributed by atoms with Crippen LogP contribution in [0.5, 0.6) is 0 Å². The van der Waals surface area contributed by atoms with E-state index in [0.29, 0.717) is 0 Å². The molecule has 0 spiro atoms. The van der Waals surface area contributed by atoms with Gasteiger partial charge in [-0.2, -0.15) is 0 Å². The Bertz CT molecular complexity index is 346. The predicted octanol–water partition coefficient (Wildman–Crippen LogP) is 1.48. The van der Waals surface area contributed by atoms with E-state index in [9.17, 15) is 14.0 Å². The number of hydrogen-bond acceptors (Lipinski definition) is 2. The standard InChI is InChI=1S/C9H7FO3/c10-7-3-1-2-6(4-7)8(11)5-9(12)13/h1-4H,5H2,(H,12,13). The first-order chi connectivity index (χ1) is 6.09. The number of Topliss-reactive ketones (excluding diaryl/α,β-unsaturated/α-hetero) is 1. The van der Waals surface area contributed by atoms with Gasteiger partial charge in [0.15, 0.2) is 5.78 Å². The summed E-state index contributed by atoms with van der Waals surface area (Å²) >= 11 is 0. The maximum atomic E-state index is 12.6. The molecule has 0 radical (unpaired) electrons. The molecule has 1 N–H and O–H groups in total. The number of ketones is 1. The summed E-state index contributed by atoms with van der Waals surface area (Å²) in [6.07, 6.45) is -0.608. The van der Waals surface area contributed by atoms with E-state index in [0.717, 1.165) is 6.07 Å². The number of carbonyl (C=O) groups excluding carboxylic acids is 1. The zero-order valence-electron chi connectivity index (χ0n) is 6.66. The fourth-order valence-electron chi connectivity index (χ4n) is 0.901. The van der Waals surface area contributed by atoms with Crippen molar-refractivity contribution in [2.75, 3.05) is 0 Å². The second-order valence-electron chi connectivity index (χ2n) is 2.50. The summed E-state index contributed by atoms with van der Waals surface area (Å²) in [4.78, 5) is 21.2. The topological polar surface area (TPSA) is 54.4 Å². The number of carboxylic acid groups (broad SMARTS) is 1. The minimum Gasteiger partial charge on any atom is -0.481 e. The number of rotatable bonds is 3. The molecule has 3 nitrogen and oxygen atoms in total. The van der Waals surface area contributed by atoms with Crippen LogP contribution < -0.4 is 0 Å². The van der Waals surface area contributed by atoms with E-state index in [1.54, 1.807) is 0 Å². The van der Waals surface area contributed by atoms with Crippen molar-refractivity contribution in [2.45, 2.75) is 6.42 Å². The minimum absolute atomic E-state index is 0.0856. The van der Waals surface area contributed by atoms with E-state index >= 15 is 0 Å². The van der Waals surface area contributed by atoms with Crippen molar-refractivity contribution in [3.8, 4) is 0 Å². The van der Waals surface area contributed by atoms with Crippen molar-refractivity contribution in [1.29, 1.82) is 0 Å². The lowest BCUT2D eigenvalue weighted by Crippen LogP contribution is -2.06. The van der Waals surface area contributed by atoms with Crippen LogP contribution in [0.2, 0.25) is 0 Å². The first-order valence-electron chi connectivity index (χ1n) is 3.60. The summed E-state index contributed by atoms with van der Waals surface area (Å²) in [5.74, 6) is -2.35. The molecule has 0 unspecified atom stereocenters. The lowest BCUT2D eigenvalue weighted by atomic mass is 10.1. The van der Waals surface area contributed by atoms with Crippen LogP contribution in [0.15, 0.2) is 24.3 Å². The molecule has 68 valence electrons. The van der Waals surface area contributed by atoms with Gasteiger partial charge >= 0.3 is 5.97 Å². The molecule has 1 rings (SSSR count). The van der Waals surface area contributed by atoms with Crippen LogP contribution in [-0.2, 0) is 4.79 Å². The summed E-state index contributed by atoms with van der Waals surface area (Å²) in [7, 11) is 0. The van der Waals surface area contributed by atoms with E-state index in [-0.39, 0.29) is 5.56 Å². The fourth-order valence-corrected chi connectivity index (χ4v) is 0.901. The second-order valence-corrected chi connectivity index (χ2v) is 2.50. The molecule has 13 heavy (non-hydrogen) atoms. The molecule has 0 aliphatic carbocycles. The van der Waals surface area contributed by atoms with Crippen LogP contribution in [0, 0.1) is 5.82 Å². The Morgan fingerprint density at radius 3 is 2.62 bits per heavy atom. The monoisotopic (exact) mass is 182 g/mol. The van der Waals surface area contributed by atoms with Gasteiger partial charge < -0.3 is 5.11 Å². The average molecular weight is 182 g/mol. The van der Waals surface area contributed by atoms with Crippen molar-refractivity contribution >= 4 is 11.8 Å². The van der Waals surface area contributed by atoms with Crippen LogP contribution in [0.25, 0.3) is 0 Å². The lowest BCUT2D eigenvalue weighted by Gasteiger charge is -1.96. The number of halogens is 1. The zero-order chi connectivity index (χ0) is 9.84. The van der Waals surface area contributed by atoms with Crippen LogP contribution in [0.3, 0.4) is 0 Å². The van der Waals surface area contributed by atoms with Gasteiger partial charge in [0, 0.05) is 5.56 Å². The Hall–Kier alpha value is -1.71. The average Bonchev–Trinajstić information content (AvgIpc) is 2.03. The SMILES string of the molecule is O=C(O)CC(=O)c1cccc(F)c1. The molecule has 0 atom stereocenters. The van der Waals surface area contributed by atoms with Gasteiger partial charge in [-0.15, -0.1) is 0 Å².